The Balaban J connectivity index is 1.74. The summed E-state index contributed by atoms with van der Waals surface area (Å²) in [5.74, 6) is 1.69. The summed E-state index contributed by atoms with van der Waals surface area (Å²) in [6.07, 6.45) is 1.54. The summed E-state index contributed by atoms with van der Waals surface area (Å²) in [6, 6.07) is 3.66. The Bertz CT molecular complexity index is 723. The van der Waals surface area contributed by atoms with Crippen molar-refractivity contribution >= 4 is 5.91 Å². The molecule has 2 aromatic heterocycles. The van der Waals surface area contributed by atoms with Gasteiger partial charge in [-0.2, -0.15) is 0 Å². The highest BCUT2D eigenvalue weighted by atomic mass is 16.3. The Kier molecular flexibility index (Phi) is 5.13. The van der Waals surface area contributed by atoms with Crippen LogP contribution in [-0.4, -0.2) is 57.2 Å². The first-order valence-electron chi connectivity index (χ1n) is 9.25. The lowest BCUT2D eigenvalue weighted by molar-refractivity contribution is -0.940. The van der Waals surface area contributed by atoms with Crippen molar-refractivity contribution in [2.24, 2.45) is 5.92 Å². The van der Waals surface area contributed by atoms with E-state index in [1.165, 1.54) is 11.2 Å². The number of rotatable bonds is 4. The molecule has 1 fully saturated rings. The van der Waals surface area contributed by atoms with Gasteiger partial charge >= 0.3 is 0 Å². The van der Waals surface area contributed by atoms with E-state index in [1.807, 2.05) is 9.58 Å². The second-order valence-electron chi connectivity index (χ2n) is 8.27. The molecule has 3 heterocycles. The van der Waals surface area contributed by atoms with Crippen molar-refractivity contribution in [3.05, 3.63) is 30.0 Å². The van der Waals surface area contributed by atoms with Crippen LogP contribution in [0.25, 0.3) is 0 Å². The van der Waals surface area contributed by atoms with Crippen molar-refractivity contribution in [2.45, 2.75) is 46.2 Å². The van der Waals surface area contributed by atoms with E-state index in [0.717, 1.165) is 18.9 Å². The van der Waals surface area contributed by atoms with Gasteiger partial charge in [0.15, 0.2) is 11.8 Å². The Morgan fingerprint density at radius 3 is 2.50 bits per heavy atom. The van der Waals surface area contributed by atoms with Crippen molar-refractivity contribution in [1.82, 2.24) is 25.1 Å². The molecule has 1 aliphatic rings. The molecule has 0 aliphatic carbocycles. The molecule has 2 aromatic rings. The first-order chi connectivity index (χ1) is 12.3. The molecule has 0 radical (unpaired) electrons. The largest absolute Gasteiger partial charge is 0.459 e. The van der Waals surface area contributed by atoms with Crippen LogP contribution in [-0.2, 0) is 5.54 Å². The molecule has 1 amide bonds. The smallest absolute Gasteiger partial charge is 0.289 e. The summed E-state index contributed by atoms with van der Waals surface area (Å²) in [6.45, 7) is 13.9. The van der Waals surface area contributed by atoms with Gasteiger partial charge < -0.3 is 14.2 Å². The normalized spacial score (nSPS) is 17.7. The number of tetrazole rings is 1. The highest BCUT2D eigenvalue weighted by Gasteiger charge is 2.38. The molecule has 8 nitrogen and oxygen atoms in total. The third-order valence-corrected chi connectivity index (χ3v) is 4.94. The molecule has 0 unspecified atom stereocenters. The average molecular weight is 361 g/mol. The number of nitrogens with zero attached hydrogens (tertiary/aromatic N) is 5. The third kappa shape index (κ3) is 3.65. The maximum atomic E-state index is 12.5. The van der Waals surface area contributed by atoms with Crippen LogP contribution in [0, 0.1) is 5.92 Å². The minimum atomic E-state index is -0.164. The van der Waals surface area contributed by atoms with Crippen LogP contribution in [0.3, 0.4) is 0 Å². The van der Waals surface area contributed by atoms with Crippen molar-refractivity contribution in [3.8, 4) is 0 Å². The third-order valence-electron chi connectivity index (χ3n) is 4.94. The number of hydrogen-bond acceptors (Lipinski definition) is 5. The van der Waals surface area contributed by atoms with E-state index in [2.05, 4.69) is 50.1 Å². The standard InChI is InChI=1S/C18H28N6O2/c1-13(2)15(16-19-20-21-24(16)18(3,4)5)22-8-10-23(11-9-22)17(25)14-7-6-12-26-14/h6-7,12-13,15H,8-11H2,1-5H3/p+1/t15-/m0/s1. The number of piperazine rings is 1. The number of carbonyl (C=O) groups is 1. The number of carbonyl (C=O) groups excluding carboxylic acids is 1. The SMILES string of the molecule is CC(C)[C@@H](c1nnnn1C(C)(C)C)[NH+]1CCN(C(=O)c2ccco2)CC1. The molecule has 1 aliphatic heterocycles. The second-order valence-corrected chi connectivity index (χ2v) is 8.27. The van der Waals surface area contributed by atoms with Gasteiger partial charge in [-0.1, -0.05) is 13.8 Å². The Hall–Kier alpha value is -2.22. The zero-order valence-corrected chi connectivity index (χ0v) is 16.3. The summed E-state index contributed by atoms with van der Waals surface area (Å²) in [7, 11) is 0. The van der Waals surface area contributed by atoms with Gasteiger partial charge in [-0.15, -0.1) is 5.10 Å². The van der Waals surface area contributed by atoms with Crippen LogP contribution in [0.1, 0.15) is 57.0 Å². The Morgan fingerprint density at radius 1 is 1.27 bits per heavy atom. The summed E-state index contributed by atoms with van der Waals surface area (Å²) in [5.41, 5.74) is -0.164. The maximum Gasteiger partial charge on any atom is 0.289 e. The molecule has 1 saturated heterocycles. The van der Waals surface area contributed by atoms with Gasteiger partial charge in [0.05, 0.1) is 38.0 Å². The maximum absolute atomic E-state index is 12.5. The molecular weight excluding hydrogens is 332 g/mol. The molecule has 3 rings (SSSR count). The fraction of sp³-hybridized carbons (Fsp3) is 0.667. The summed E-state index contributed by atoms with van der Waals surface area (Å²) in [4.78, 5) is 15.8. The molecule has 26 heavy (non-hydrogen) atoms. The molecular formula is C18H29N6O2+. The van der Waals surface area contributed by atoms with Crippen LogP contribution in [0.15, 0.2) is 22.8 Å². The minimum Gasteiger partial charge on any atom is -0.459 e. The van der Waals surface area contributed by atoms with Gasteiger partial charge in [0.2, 0.25) is 5.82 Å². The van der Waals surface area contributed by atoms with E-state index in [-0.39, 0.29) is 17.5 Å². The van der Waals surface area contributed by atoms with Crippen molar-refractivity contribution < 1.29 is 14.1 Å². The number of hydrogen-bond donors (Lipinski definition) is 1. The topological polar surface area (TPSA) is 81.5 Å². The minimum absolute atomic E-state index is 0.0327. The van der Waals surface area contributed by atoms with E-state index >= 15 is 0 Å². The zero-order chi connectivity index (χ0) is 18.9. The van der Waals surface area contributed by atoms with Crippen LogP contribution in [0.4, 0.5) is 0 Å². The number of amides is 1. The fourth-order valence-corrected chi connectivity index (χ4v) is 3.68. The van der Waals surface area contributed by atoms with Gasteiger partial charge in [-0.3, -0.25) is 4.79 Å². The van der Waals surface area contributed by atoms with Crippen LogP contribution in [0.5, 0.6) is 0 Å². The van der Waals surface area contributed by atoms with Gasteiger partial charge in [0, 0.05) is 5.92 Å². The predicted molar refractivity (Wildman–Crippen MR) is 95.7 cm³/mol. The van der Waals surface area contributed by atoms with E-state index < -0.39 is 0 Å². The van der Waals surface area contributed by atoms with Crippen LogP contribution >= 0.6 is 0 Å². The number of furan rings is 1. The molecule has 1 N–H and O–H groups in total. The van der Waals surface area contributed by atoms with E-state index in [1.54, 1.807) is 12.1 Å². The average Bonchev–Trinajstić information content (AvgIpc) is 3.26. The molecule has 8 heteroatoms. The molecule has 0 bridgehead atoms. The van der Waals surface area contributed by atoms with Gasteiger partial charge in [-0.05, 0) is 43.3 Å². The molecule has 1 atom stereocenters. The van der Waals surface area contributed by atoms with Crippen LogP contribution < -0.4 is 4.90 Å². The number of nitrogens with one attached hydrogen (secondary N) is 1. The highest BCUT2D eigenvalue weighted by molar-refractivity contribution is 5.91. The van der Waals surface area contributed by atoms with Crippen molar-refractivity contribution in [3.63, 3.8) is 0 Å². The highest BCUT2D eigenvalue weighted by Crippen LogP contribution is 2.22. The van der Waals surface area contributed by atoms with Gasteiger partial charge in [-0.25, -0.2) is 4.68 Å². The van der Waals surface area contributed by atoms with E-state index in [9.17, 15) is 4.79 Å². The van der Waals surface area contributed by atoms with Gasteiger partial charge in [0.1, 0.15) is 0 Å². The summed E-state index contributed by atoms with van der Waals surface area (Å²) >= 11 is 0. The monoisotopic (exact) mass is 361 g/mol. The summed E-state index contributed by atoms with van der Waals surface area (Å²) in [5, 5.41) is 12.5. The summed E-state index contributed by atoms with van der Waals surface area (Å²) < 4.78 is 7.18. The van der Waals surface area contributed by atoms with Crippen molar-refractivity contribution in [2.75, 3.05) is 26.2 Å². The fourth-order valence-electron chi connectivity index (χ4n) is 3.68. The van der Waals surface area contributed by atoms with Crippen LogP contribution in [0.2, 0.25) is 0 Å². The lowest BCUT2D eigenvalue weighted by Gasteiger charge is -2.37. The first kappa shape index (κ1) is 18.6. The molecule has 142 valence electrons. The lowest BCUT2D eigenvalue weighted by Crippen LogP contribution is -3.15. The van der Waals surface area contributed by atoms with E-state index in [0.29, 0.717) is 24.8 Å². The van der Waals surface area contributed by atoms with Crippen molar-refractivity contribution in [1.29, 1.82) is 0 Å². The Morgan fingerprint density at radius 2 is 1.96 bits per heavy atom. The molecule has 0 saturated carbocycles. The predicted octanol–water partition coefficient (Wildman–Crippen LogP) is 0.759. The zero-order valence-electron chi connectivity index (χ0n) is 16.3. The number of aromatic nitrogens is 4. The second kappa shape index (κ2) is 7.19. The molecule has 0 spiro atoms. The van der Waals surface area contributed by atoms with Gasteiger partial charge in [0.25, 0.3) is 5.91 Å². The first-order valence-corrected chi connectivity index (χ1v) is 9.25. The Labute approximate surface area is 154 Å². The molecule has 0 aromatic carbocycles. The quantitative estimate of drug-likeness (QED) is 0.869. The van der Waals surface area contributed by atoms with E-state index in [4.69, 9.17) is 4.42 Å². The lowest BCUT2D eigenvalue weighted by atomic mass is 9.99. The number of quaternary nitrogens is 1.